The van der Waals surface area contributed by atoms with E-state index in [1.165, 1.54) is 0 Å². The molecule has 0 aliphatic carbocycles. The first-order valence-corrected chi connectivity index (χ1v) is 7.66. The van der Waals surface area contributed by atoms with Crippen molar-refractivity contribution in [3.05, 3.63) is 30.3 Å². The van der Waals surface area contributed by atoms with E-state index < -0.39 is 0 Å². The lowest BCUT2D eigenvalue weighted by atomic mass is 10.1. The maximum atomic E-state index is 5.77. The summed E-state index contributed by atoms with van der Waals surface area (Å²) in [6.45, 7) is 6.63. The maximum absolute atomic E-state index is 5.77. The zero-order chi connectivity index (χ0) is 15.3. The summed E-state index contributed by atoms with van der Waals surface area (Å²) in [5.41, 5.74) is 0. The normalized spacial score (nSPS) is 13.9. The molecular formula is C17H28O4. The predicted molar refractivity (Wildman–Crippen MR) is 83.9 cm³/mol. The second kappa shape index (κ2) is 11.5. The third-order valence-corrected chi connectivity index (χ3v) is 3.19. The van der Waals surface area contributed by atoms with Gasteiger partial charge in [0.15, 0.2) is 0 Å². The van der Waals surface area contributed by atoms with Crippen LogP contribution in [0.3, 0.4) is 0 Å². The van der Waals surface area contributed by atoms with Crippen molar-refractivity contribution in [3.63, 3.8) is 0 Å². The van der Waals surface area contributed by atoms with Gasteiger partial charge >= 0.3 is 0 Å². The Morgan fingerprint density at radius 1 is 0.952 bits per heavy atom. The van der Waals surface area contributed by atoms with Crippen molar-refractivity contribution in [2.45, 2.75) is 38.9 Å². The molecule has 0 saturated carbocycles. The van der Waals surface area contributed by atoms with Gasteiger partial charge in [-0.25, -0.2) is 0 Å². The van der Waals surface area contributed by atoms with Gasteiger partial charge in [0, 0.05) is 7.11 Å². The molecule has 1 aromatic rings. The molecule has 4 nitrogen and oxygen atoms in total. The van der Waals surface area contributed by atoms with Crippen LogP contribution in [0.5, 0.6) is 5.75 Å². The van der Waals surface area contributed by atoms with Crippen LogP contribution in [0.1, 0.15) is 26.7 Å². The number of hydrogen-bond acceptors (Lipinski definition) is 4. The molecule has 0 N–H and O–H groups in total. The first kappa shape index (κ1) is 18.0. The van der Waals surface area contributed by atoms with Crippen LogP contribution in [0.2, 0.25) is 0 Å². The molecule has 0 aliphatic heterocycles. The van der Waals surface area contributed by atoms with Crippen molar-refractivity contribution < 1.29 is 18.9 Å². The van der Waals surface area contributed by atoms with Crippen LogP contribution in [0.4, 0.5) is 0 Å². The number of rotatable bonds is 12. The van der Waals surface area contributed by atoms with Gasteiger partial charge in [0.1, 0.15) is 12.4 Å². The van der Waals surface area contributed by atoms with Gasteiger partial charge < -0.3 is 18.9 Å². The quantitative estimate of drug-likeness (QED) is 0.555. The molecule has 21 heavy (non-hydrogen) atoms. The summed E-state index contributed by atoms with van der Waals surface area (Å²) >= 11 is 0. The van der Waals surface area contributed by atoms with Gasteiger partial charge in [0.05, 0.1) is 32.0 Å². The lowest BCUT2D eigenvalue weighted by molar-refractivity contribution is -0.0302. The first-order chi connectivity index (χ1) is 10.3. The standard InChI is InChI=1S/C17H28O4/c1-4-16(20-11-10-18-3)14-15(2)19-12-13-21-17-8-6-5-7-9-17/h5-9,15-16H,4,10-14H2,1-3H3. The number of hydrogen-bond donors (Lipinski definition) is 0. The minimum absolute atomic E-state index is 0.164. The van der Waals surface area contributed by atoms with E-state index in [1.807, 2.05) is 30.3 Å². The maximum Gasteiger partial charge on any atom is 0.119 e. The molecule has 0 saturated heterocycles. The van der Waals surface area contributed by atoms with E-state index in [-0.39, 0.29) is 12.2 Å². The third-order valence-electron chi connectivity index (χ3n) is 3.19. The molecule has 120 valence electrons. The molecule has 0 spiro atoms. The van der Waals surface area contributed by atoms with Gasteiger partial charge in [-0.3, -0.25) is 0 Å². The van der Waals surface area contributed by atoms with Crippen LogP contribution in [0.25, 0.3) is 0 Å². The second-order valence-corrected chi connectivity index (χ2v) is 4.97. The van der Waals surface area contributed by atoms with Crippen molar-refractivity contribution in [2.75, 3.05) is 33.5 Å². The third kappa shape index (κ3) is 8.71. The Labute approximate surface area is 128 Å². The van der Waals surface area contributed by atoms with Crippen LogP contribution in [0, 0.1) is 0 Å². The summed E-state index contributed by atoms with van der Waals surface area (Å²) in [5, 5.41) is 0. The highest BCUT2D eigenvalue weighted by Gasteiger charge is 2.12. The number of para-hydroxylation sites is 1. The van der Waals surface area contributed by atoms with Gasteiger partial charge in [-0.1, -0.05) is 25.1 Å². The van der Waals surface area contributed by atoms with E-state index in [0.717, 1.165) is 18.6 Å². The Morgan fingerprint density at radius 3 is 2.33 bits per heavy atom. The molecule has 0 heterocycles. The van der Waals surface area contributed by atoms with E-state index in [0.29, 0.717) is 26.4 Å². The summed E-state index contributed by atoms with van der Waals surface area (Å²) in [6.07, 6.45) is 2.27. The molecule has 0 bridgehead atoms. The molecule has 0 amide bonds. The minimum Gasteiger partial charge on any atom is -0.491 e. The van der Waals surface area contributed by atoms with Crippen molar-refractivity contribution in [3.8, 4) is 5.75 Å². The van der Waals surface area contributed by atoms with Gasteiger partial charge in [-0.15, -0.1) is 0 Å². The van der Waals surface area contributed by atoms with Crippen molar-refractivity contribution in [2.24, 2.45) is 0 Å². The lowest BCUT2D eigenvalue weighted by Gasteiger charge is -2.20. The molecule has 0 aromatic heterocycles. The molecule has 0 fully saturated rings. The summed E-state index contributed by atoms with van der Waals surface area (Å²) < 4.78 is 22.1. The highest BCUT2D eigenvalue weighted by Crippen LogP contribution is 2.11. The summed E-state index contributed by atoms with van der Waals surface area (Å²) in [4.78, 5) is 0. The number of benzene rings is 1. The molecule has 4 heteroatoms. The van der Waals surface area contributed by atoms with E-state index in [9.17, 15) is 0 Å². The van der Waals surface area contributed by atoms with E-state index in [4.69, 9.17) is 18.9 Å². The Balaban J connectivity index is 2.10. The lowest BCUT2D eigenvalue weighted by Crippen LogP contribution is -2.23. The fourth-order valence-electron chi connectivity index (χ4n) is 2.01. The van der Waals surface area contributed by atoms with Gasteiger partial charge in [0.25, 0.3) is 0 Å². The zero-order valence-electron chi connectivity index (χ0n) is 13.4. The summed E-state index contributed by atoms with van der Waals surface area (Å²) in [5.74, 6) is 0.878. The molecular weight excluding hydrogens is 268 g/mol. The monoisotopic (exact) mass is 296 g/mol. The largest absolute Gasteiger partial charge is 0.491 e. The molecule has 2 unspecified atom stereocenters. The SMILES string of the molecule is CCC(CC(C)OCCOc1ccccc1)OCCOC. The minimum atomic E-state index is 0.164. The Bertz CT molecular complexity index is 342. The molecule has 1 rings (SSSR count). The van der Waals surface area contributed by atoms with Crippen molar-refractivity contribution in [1.29, 1.82) is 0 Å². The summed E-state index contributed by atoms with van der Waals surface area (Å²) in [6, 6.07) is 9.78. The van der Waals surface area contributed by atoms with Gasteiger partial charge in [-0.2, -0.15) is 0 Å². The van der Waals surface area contributed by atoms with E-state index >= 15 is 0 Å². The van der Waals surface area contributed by atoms with Crippen LogP contribution in [-0.4, -0.2) is 45.7 Å². The Morgan fingerprint density at radius 2 is 1.67 bits per heavy atom. The van der Waals surface area contributed by atoms with Crippen LogP contribution < -0.4 is 4.74 Å². The second-order valence-electron chi connectivity index (χ2n) is 4.97. The molecule has 2 atom stereocenters. The Kier molecular flexibility index (Phi) is 9.87. The van der Waals surface area contributed by atoms with E-state index in [1.54, 1.807) is 7.11 Å². The van der Waals surface area contributed by atoms with Gasteiger partial charge in [0.2, 0.25) is 0 Å². The summed E-state index contributed by atoms with van der Waals surface area (Å²) in [7, 11) is 1.68. The van der Waals surface area contributed by atoms with Crippen molar-refractivity contribution in [1.82, 2.24) is 0 Å². The predicted octanol–water partition coefficient (Wildman–Crippen LogP) is 3.30. The molecule has 0 aliphatic rings. The van der Waals surface area contributed by atoms with Crippen LogP contribution in [0.15, 0.2) is 30.3 Å². The molecule has 1 aromatic carbocycles. The topological polar surface area (TPSA) is 36.9 Å². The number of methoxy groups -OCH3 is 1. The number of ether oxygens (including phenoxy) is 4. The van der Waals surface area contributed by atoms with Crippen LogP contribution in [-0.2, 0) is 14.2 Å². The zero-order valence-corrected chi connectivity index (χ0v) is 13.4. The highest BCUT2D eigenvalue weighted by atomic mass is 16.5. The smallest absolute Gasteiger partial charge is 0.119 e. The first-order valence-electron chi connectivity index (χ1n) is 7.66. The average molecular weight is 296 g/mol. The fraction of sp³-hybridized carbons (Fsp3) is 0.647. The van der Waals surface area contributed by atoms with E-state index in [2.05, 4.69) is 13.8 Å². The molecule has 0 radical (unpaired) electrons. The fourth-order valence-corrected chi connectivity index (χ4v) is 2.01. The van der Waals surface area contributed by atoms with Crippen LogP contribution >= 0.6 is 0 Å². The highest BCUT2D eigenvalue weighted by molar-refractivity contribution is 5.20. The average Bonchev–Trinajstić information content (AvgIpc) is 2.52. The van der Waals surface area contributed by atoms with Crippen molar-refractivity contribution >= 4 is 0 Å². The Hall–Kier alpha value is -1.10. The van der Waals surface area contributed by atoms with Gasteiger partial charge in [-0.05, 0) is 31.9 Å².